The van der Waals surface area contributed by atoms with E-state index in [0.29, 0.717) is 10.6 Å². The molecule has 1 aliphatic rings. The maximum atomic E-state index is 12.0. The maximum Gasteiger partial charge on any atom is 0.253 e. The molecule has 2 N–H and O–H groups in total. The normalized spacial score (nSPS) is 20.8. The van der Waals surface area contributed by atoms with Gasteiger partial charge in [0.1, 0.15) is 6.04 Å². The van der Waals surface area contributed by atoms with Gasteiger partial charge in [-0.05, 0) is 17.7 Å². The first-order valence-corrected chi connectivity index (χ1v) is 5.88. The van der Waals surface area contributed by atoms with Crippen LogP contribution in [0.2, 0.25) is 5.02 Å². The maximum absolute atomic E-state index is 12.0. The van der Waals surface area contributed by atoms with E-state index in [1.807, 2.05) is 0 Å². The molecule has 8 heteroatoms. The van der Waals surface area contributed by atoms with Gasteiger partial charge in [0.25, 0.3) is 5.91 Å². The van der Waals surface area contributed by atoms with E-state index in [9.17, 15) is 9.59 Å². The molecule has 1 heterocycles. The first-order chi connectivity index (χ1) is 9.13. The van der Waals surface area contributed by atoms with Crippen molar-refractivity contribution in [3.8, 4) is 0 Å². The summed E-state index contributed by atoms with van der Waals surface area (Å²) in [4.78, 5) is 25.9. The van der Waals surface area contributed by atoms with E-state index in [1.54, 1.807) is 24.3 Å². The summed E-state index contributed by atoms with van der Waals surface area (Å²) >= 11 is 5.89. The molecule has 0 aromatic heterocycles. The molecule has 0 bridgehead atoms. The van der Waals surface area contributed by atoms with Crippen LogP contribution < -0.4 is 10.6 Å². The summed E-state index contributed by atoms with van der Waals surface area (Å²) in [5.74, 6) is -0.741. The van der Waals surface area contributed by atoms with Gasteiger partial charge in [-0.1, -0.05) is 28.8 Å². The van der Waals surface area contributed by atoms with Crippen LogP contribution in [0.3, 0.4) is 0 Å². The number of hydrogen-bond acceptors (Lipinski definition) is 3. The number of β-lactam (4-membered cyclic amide) rings is 1. The number of rotatable bonds is 4. The Labute approximate surface area is 113 Å². The predicted molar refractivity (Wildman–Crippen MR) is 68.6 cm³/mol. The molecule has 0 aliphatic carbocycles. The van der Waals surface area contributed by atoms with Gasteiger partial charge in [-0.3, -0.25) is 9.59 Å². The van der Waals surface area contributed by atoms with Gasteiger partial charge >= 0.3 is 0 Å². The van der Waals surface area contributed by atoms with Crippen LogP contribution in [0, 0.1) is 0 Å². The molecule has 0 spiro atoms. The molecule has 1 aliphatic heterocycles. The van der Waals surface area contributed by atoms with Crippen molar-refractivity contribution in [3.05, 3.63) is 45.3 Å². The lowest BCUT2D eigenvalue weighted by Crippen LogP contribution is -2.70. The van der Waals surface area contributed by atoms with Gasteiger partial charge in [0.2, 0.25) is 5.91 Å². The zero-order valence-corrected chi connectivity index (χ0v) is 10.5. The number of hydrogen-bond donors (Lipinski definition) is 2. The summed E-state index contributed by atoms with van der Waals surface area (Å²) in [6.45, 7) is 0.0930. The van der Waals surface area contributed by atoms with Gasteiger partial charge in [-0.25, -0.2) is 0 Å². The van der Waals surface area contributed by atoms with E-state index < -0.39 is 11.9 Å². The van der Waals surface area contributed by atoms with Crippen molar-refractivity contribution >= 4 is 23.4 Å². The largest absolute Gasteiger partial charge is 0.349 e. The van der Waals surface area contributed by atoms with Crippen molar-refractivity contribution in [2.75, 3.05) is 6.54 Å². The highest BCUT2D eigenvalue weighted by Crippen LogP contribution is 2.16. The average molecular weight is 280 g/mol. The number of benzene rings is 1. The Hall–Kier alpha value is -2.24. The van der Waals surface area contributed by atoms with Crippen LogP contribution >= 0.6 is 11.6 Å². The van der Waals surface area contributed by atoms with Crippen LogP contribution in [-0.4, -0.2) is 30.4 Å². The second-order valence-corrected chi connectivity index (χ2v) is 4.37. The number of azide groups is 1. The molecular weight excluding hydrogens is 270 g/mol. The zero-order chi connectivity index (χ0) is 13.8. The van der Waals surface area contributed by atoms with Crippen molar-refractivity contribution in [1.82, 2.24) is 10.6 Å². The average Bonchev–Trinajstić information content (AvgIpc) is 2.41. The van der Waals surface area contributed by atoms with Crippen LogP contribution in [-0.2, 0) is 4.79 Å². The lowest BCUT2D eigenvalue weighted by molar-refractivity contribution is -0.131. The van der Waals surface area contributed by atoms with Crippen LogP contribution in [0.1, 0.15) is 10.4 Å². The summed E-state index contributed by atoms with van der Waals surface area (Å²) in [6, 6.07) is 5.47. The minimum absolute atomic E-state index is 0.0930. The molecule has 0 unspecified atom stereocenters. The summed E-state index contributed by atoms with van der Waals surface area (Å²) in [5.41, 5.74) is 8.52. The summed E-state index contributed by atoms with van der Waals surface area (Å²) < 4.78 is 0. The van der Waals surface area contributed by atoms with Crippen molar-refractivity contribution in [3.63, 3.8) is 0 Å². The molecule has 1 fully saturated rings. The van der Waals surface area contributed by atoms with Crippen molar-refractivity contribution < 1.29 is 9.59 Å². The molecule has 2 atom stereocenters. The number of carbonyl (C=O) groups excluding carboxylic acids is 2. The number of nitrogens with one attached hydrogen (secondary N) is 2. The van der Waals surface area contributed by atoms with Crippen LogP contribution in [0.25, 0.3) is 10.4 Å². The molecule has 1 aromatic rings. The Morgan fingerprint density at radius 1 is 1.53 bits per heavy atom. The highest BCUT2D eigenvalue weighted by Gasteiger charge is 2.39. The molecule has 2 amide bonds. The minimum atomic E-state index is -0.700. The van der Waals surface area contributed by atoms with Gasteiger partial charge in [0, 0.05) is 11.5 Å². The monoisotopic (exact) mass is 279 g/mol. The summed E-state index contributed by atoms with van der Waals surface area (Å²) in [6.07, 6.45) is 0. The second-order valence-electron chi connectivity index (χ2n) is 3.96. The standard InChI is InChI=1S/C11H10ClN5O2/c12-7-4-2-1-3-6(7)10(18)16-9-8(5-14-17-13)15-11(9)19/h1-4,8-9H,5H2,(H,15,19)(H,16,18)/t8-,9+/m0/s1. The molecule has 0 radical (unpaired) electrons. The predicted octanol–water partition coefficient (Wildman–Crippen LogP) is 1.25. The van der Waals surface area contributed by atoms with Crippen LogP contribution in [0.15, 0.2) is 29.4 Å². The lowest BCUT2D eigenvalue weighted by atomic mass is 9.98. The van der Waals surface area contributed by atoms with Crippen LogP contribution in [0.5, 0.6) is 0 Å². The molecular formula is C11H10ClN5O2. The van der Waals surface area contributed by atoms with E-state index in [-0.39, 0.29) is 18.5 Å². The number of amides is 2. The Kier molecular flexibility index (Phi) is 3.89. The van der Waals surface area contributed by atoms with Gasteiger partial charge in [-0.2, -0.15) is 0 Å². The third kappa shape index (κ3) is 2.78. The van der Waals surface area contributed by atoms with Gasteiger partial charge in [-0.15, -0.1) is 0 Å². The number of halogens is 1. The number of nitrogens with zero attached hydrogens (tertiary/aromatic N) is 3. The Morgan fingerprint density at radius 2 is 2.26 bits per heavy atom. The van der Waals surface area contributed by atoms with Crippen molar-refractivity contribution in [1.29, 1.82) is 0 Å². The van der Waals surface area contributed by atoms with Crippen LogP contribution in [0.4, 0.5) is 0 Å². The Bertz CT molecular complexity index is 570. The van der Waals surface area contributed by atoms with Crippen molar-refractivity contribution in [2.24, 2.45) is 5.11 Å². The summed E-state index contributed by atoms with van der Waals surface area (Å²) in [5, 5.41) is 8.79. The summed E-state index contributed by atoms with van der Waals surface area (Å²) in [7, 11) is 0. The van der Waals surface area contributed by atoms with E-state index in [4.69, 9.17) is 17.1 Å². The van der Waals surface area contributed by atoms with Gasteiger partial charge in [0.15, 0.2) is 0 Å². The first-order valence-electron chi connectivity index (χ1n) is 5.50. The van der Waals surface area contributed by atoms with Crippen molar-refractivity contribution in [2.45, 2.75) is 12.1 Å². The highest BCUT2D eigenvalue weighted by molar-refractivity contribution is 6.33. The number of carbonyl (C=O) groups is 2. The van der Waals surface area contributed by atoms with Gasteiger partial charge in [0.05, 0.1) is 16.6 Å². The molecule has 1 aromatic carbocycles. The Balaban J connectivity index is 2.04. The molecule has 19 heavy (non-hydrogen) atoms. The molecule has 0 saturated carbocycles. The zero-order valence-electron chi connectivity index (χ0n) is 9.71. The molecule has 7 nitrogen and oxygen atoms in total. The second kappa shape index (κ2) is 5.60. The Morgan fingerprint density at radius 3 is 2.89 bits per heavy atom. The quantitative estimate of drug-likeness (QED) is 0.374. The van der Waals surface area contributed by atoms with E-state index in [2.05, 4.69) is 20.7 Å². The fourth-order valence-corrected chi connectivity index (χ4v) is 1.97. The van der Waals surface area contributed by atoms with Gasteiger partial charge < -0.3 is 10.6 Å². The van der Waals surface area contributed by atoms with E-state index in [0.717, 1.165) is 0 Å². The highest BCUT2D eigenvalue weighted by atomic mass is 35.5. The van der Waals surface area contributed by atoms with E-state index in [1.165, 1.54) is 0 Å². The topological polar surface area (TPSA) is 107 Å². The SMILES string of the molecule is [N-]=[N+]=NC[C@@H]1NC(=O)[C@@H]1NC(=O)c1ccccc1Cl. The minimum Gasteiger partial charge on any atom is -0.349 e. The fourth-order valence-electron chi connectivity index (χ4n) is 1.75. The molecule has 1 saturated heterocycles. The third-order valence-corrected chi connectivity index (χ3v) is 3.09. The van der Waals surface area contributed by atoms with E-state index >= 15 is 0 Å². The fraction of sp³-hybridized carbons (Fsp3) is 0.273. The third-order valence-electron chi connectivity index (χ3n) is 2.76. The lowest BCUT2D eigenvalue weighted by Gasteiger charge is -2.36. The smallest absolute Gasteiger partial charge is 0.253 e. The molecule has 2 rings (SSSR count). The first kappa shape index (κ1) is 13.2. The molecule has 98 valence electrons.